The van der Waals surface area contributed by atoms with Crippen molar-refractivity contribution in [1.29, 1.82) is 0 Å². The van der Waals surface area contributed by atoms with Crippen LogP contribution in [-0.2, 0) is 4.79 Å². The van der Waals surface area contributed by atoms with Crippen molar-refractivity contribution in [2.75, 3.05) is 0 Å². The standard InChI is InChI=1S/C14H22O/c1-3-11(2)13(15)14(9-10-14)12-7-5-4-6-8-12/h5,7,11-12H,3-4,6,8-10H2,1-2H3. The van der Waals surface area contributed by atoms with Crippen molar-refractivity contribution >= 4 is 5.78 Å². The second-order valence-electron chi connectivity index (χ2n) is 5.30. The van der Waals surface area contributed by atoms with Crippen molar-refractivity contribution in [1.82, 2.24) is 0 Å². The zero-order valence-corrected chi connectivity index (χ0v) is 9.96. The summed E-state index contributed by atoms with van der Waals surface area (Å²) in [6, 6.07) is 0. The molecular formula is C14H22O. The summed E-state index contributed by atoms with van der Waals surface area (Å²) in [6.45, 7) is 4.21. The molecule has 0 bridgehead atoms. The first-order chi connectivity index (χ1) is 7.20. The van der Waals surface area contributed by atoms with Gasteiger partial charge in [0.25, 0.3) is 0 Å². The molecule has 2 aliphatic carbocycles. The molecule has 2 atom stereocenters. The van der Waals surface area contributed by atoms with E-state index in [2.05, 4.69) is 26.0 Å². The van der Waals surface area contributed by atoms with Gasteiger partial charge < -0.3 is 0 Å². The summed E-state index contributed by atoms with van der Waals surface area (Å²) < 4.78 is 0. The van der Waals surface area contributed by atoms with E-state index in [0.29, 0.717) is 11.7 Å². The van der Waals surface area contributed by atoms with E-state index >= 15 is 0 Å². The van der Waals surface area contributed by atoms with Crippen LogP contribution < -0.4 is 0 Å². The van der Waals surface area contributed by atoms with E-state index in [1.54, 1.807) is 0 Å². The second-order valence-corrected chi connectivity index (χ2v) is 5.30. The number of hydrogen-bond acceptors (Lipinski definition) is 1. The summed E-state index contributed by atoms with van der Waals surface area (Å²) in [5.41, 5.74) is 0.0757. The molecule has 1 fully saturated rings. The van der Waals surface area contributed by atoms with Crippen LogP contribution in [0.3, 0.4) is 0 Å². The Morgan fingerprint density at radius 1 is 1.53 bits per heavy atom. The molecule has 0 radical (unpaired) electrons. The third-order valence-corrected chi connectivity index (χ3v) is 4.30. The minimum absolute atomic E-state index is 0.0757. The summed E-state index contributed by atoms with van der Waals surface area (Å²) in [6.07, 6.45) is 11.6. The maximum atomic E-state index is 12.3. The SMILES string of the molecule is CCC(C)C(=O)C1(C2C=CCCC2)CC1. The minimum atomic E-state index is 0.0757. The number of carbonyl (C=O) groups excluding carboxylic acids is 1. The van der Waals surface area contributed by atoms with E-state index in [9.17, 15) is 4.79 Å². The Morgan fingerprint density at radius 3 is 2.73 bits per heavy atom. The van der Waals surface area contributed by atoms with E-state index in [1.165, 1.54) is 19.3 Å². The molecule has 84 valence electrons. The van der Waals surface area contributed by atoms with Crippen LogP contribution in [0.1, 0.15) is 52.4 Å². The molecule has 1 saturated carbocycles. The Kier molecular flexibility index (Phi) is 2.99. The third-order valence-electron chi connectivity index (χ3n) is 4.30. The molecule has 1 nitrogen and oxygen atoms in total. The molecule has 0 saturated heterocycles. The maximum absolute atomic E-state index is 12.3. The molecule has 0 N–H and O–H groups in total. The average Bonchev–Trinajstić information content (AvgIpc) is 3.09. The summed E-state index contributed by atoms with van der Waals surface area (Å²) in [5.74, 6) is 1.37. The van der Waals surface area contributed by atoms with Crippen LogP contribution in [0.4, 0.5) is 0 Å². The van der Waals surface area contributed by atoms with Gasteiger partial charge in [0.05, 0.1) is 0 Å². The highest BCUT2D eigenvalue weighted by molar-refractivity contribution is 5.89. The molecule has 0 aromatic rings. The average molecular weight is 206 g/mol. The lowest BCUT2D eigenvalue weighted by atomic mass is 9.75. The largest absolute Gasteiger partial charge is 0.299 e. The highest BCUT2D eigenvalue weighted by Gasteiger charge is 2.54. The molecule has 0 amide bonds. The van der Waals surface area contributed by atoms with Gasteiger partial charge in [-0.05, 0) is 44.4 Å². The van der Waals surface area contributed by atoms with Gasteiger partial charge in [-0.25, -0.2) is 0 Å². The van der Waals surface area contributed by atoms with Crippen LogP contribution in [0, 0.1) is 17.3 Å². The van der Waals surface area contributed by atoms with Gasteiger partial charge in [-0.2, -0.15) is 0 Å². The van der Waals surface area contributed by atoms with Gasteiger partial charge in [-0.1, -0.05) is 26.0 Å². The second kappa shape index (κ2) is 4.11. The van der Waals surface area contributed by atoms with Gasteiger partial charge in [-0.3, -0.25) is 4.79 Å². The molecular weight excluding hydrogens is 184 g/mol. The maximum Gasteiger partial charge on any atom is 0.142 e. The van der Waals surface area contributed by atoms with Crippen LogP contribution in [-0.4, -0.2) is 5.78 Å². The predicted octanol–water partition coefficient (Wildman–Crippen LogP) is 3.74. The fourth-order valence-electron chi connectivity index (χ4n) is 2.88. The summed E-state index contributed by atoms with van der Waals surface area (Å²) in [7, 11) is 0. The molecule has 0 aliphatic heterocycles. The van der Waals surface area contributed by atoms with Gasteiger partial charge in [0, 0.05) is 11.3 Å². The molecule has 0 aromatic heterocycles. The lowest BCUT2D eigenvalue weighted by Crippen LogP contribution is -2.29. The minimum Gasteiger partial charge on any atom is -0.299 e. The Bertz CT molecular complexity index is 273. The van der Waals surface area contributed by atoms with Crippen molar-refractivity contribution in [3.63, 3.8) is 0 Å². The monoisotopic (exact) mass is 206 g/mol. The lowest BCUT2D eigenvalue weighted by molar-refractivity contribution is -0.129. The van der Waals surface area contributed by atoms with Gasteiger partial charge in [0.15, 0.2) is 0 Å². The fourth-order valence-corrected chi connectivity index (χ4v) is 2.88. The first-order valence-electron chi connectivity index (χ1n) is 6.41. The fraction of sp³-hybridized carbons (Fsp3) is 0.786. The highest BCUT2D eigenvalue weighted by Crippen LogP contribution is 2.57. The smallest absolute Gasteiger partial charge is 0.142 e. The molecule has 0 aromatic carbocycles. The summed E-state index contributed by atoms with van der Waals surface area (Å²) in [4.78, 5) is 12.3. The Balaban J connectivity index is 2.09. The number of carbonyl (C=O) groups is 1. The first-order valence-corrected chi connectivity index (χ1v) is 6.41. The van der Waals surface area contributed by atoms with Crippen LogP contribution >= 0.6 is 0 Å². The number of Topliss-reactive ketones (excluding diaryl/α,β-unsaturated/α-hetero) is 1. The van der Waals surface area contributed by atoms with Crippen molar-refractivity contribution in [2.24, 2.45) is 17.3 Å². The normalized spacial score (nSPS) is 29.9. The van der Waals surface area contributed by atoms with Crippen LogP contribution in [0.15, 0.2) is 12.2 Å². The number of allylic oxidation sites excluding steroid dienone is 2. The van der Waals surface area contributed by atoms with Gasteiger partial charge in [-0.15, -0.1) is 0 Å². The van der Waals surface area contributed by atoms with E-state index in [1.807, 2.05) is 0 Å². The van der Waals surface area contributed by atoms with E-state index in [-0.39, 0.29) is 11.3 Å². The van der Waals surface area contributed by atoms with Crippen LogP contribution in [0.5, 0.6) is 0 Å². The Morgan fingerprint density at radius 2 is 2.27 bits per heavy atom. The van der Waals surface area contributed by atoms with E-state index in [0.717, 1.165) is 19.3 Å². The van der Waals surface area contributed by atoms with Crippen molar-refractivity contribution in [3.05, 3.63) is 12.2 Å². The molecule has 1 heteroatoms. The number of rotatable bonds is 4. The third kappa shape index (κ3) is 1.89. The highest BCUT2D eigenvalue weighted by atomic mass is 16.1. The van der Waals surface area contributed by atoms with Crippen LogP contribution in [0.2, 0.25) is 0 Å². The molecule has 0 spiro atoms. The van der Waals surface area contributed by atoms with Gasteiger partial charge in [0.2, 0.25) is 0 Å². The molecule has 2 aliphatic rings. The van der Waals surface area contributed by atoms with E-state index in [4.69, 9.17) is 0 Å². The summed E-state index contributed by atoms with van der Waals surface area (Å²) >= 11 is 0. The van der Waals surface area contributed by atoms with Crippen LogP contribution in [0.25, 0.3) is 0 Å². The zero-order chi connectivity index (χ0) is 10.9. The number of ketones is 1. The quantitative estimate of drug-likeness (QED) is 0.640. The predicted molar refractivity (Wildman–Crippen MR) is 62.6 cm³/mol. The topological polar surface area (TPSA) is 17.1 Å². The van der Waals surface area contributed by atoms with Crippen molar-refractivity contribution in [3.8, 4) is 0 Å². The van der Waals surface area contributed by atoms with E-state index < -0.39 is 0 Å². The first kappa shape index (κ1) is 10.9. The molecule has 15 heavy (non-hydrogen) atoms. The van der Waals surface area contributed by atoms with Gasteiger partial charge >= 0.3 is 0 Å². The summed E-state index contributed by atoms with van der Waals surface area (Å²) in [5, 5.41) is 0. The Hall–Kier alpha value is -0.590. The van der Waals surface area contributed by atoms with Crippen molar-refractivity contribution < 1.29 is 4.79 Å². The van der Waals surface area contributed by atoms with Gasteiger partial charge in [0.1, 0.15) is 5.78 Å². The molecule has 0 heterocycles. The Labute approximate surface area is 92.9 Å². The lowest BCUT2D eigenvalue weighted by Gasteiger charge is -2.27. The molecule has 2 unspecified atom stereocenters. The zero-order valence-electron chi connectivity index (χ0n) is 9.96. The van der Waals surface area contributed by atoms with Crippen molar-refractivity contribution in [2.45, 2.75) is 52.4 Å². The molecule has 2 rings (SSSR count). The number of hydrogen-bond donors (Lipinski definition) is 0.